The molecule has 0 aromatic carbocycles. The Hall–Kier alpha value is -0.570. The fourth-order valence-electron chi connectivity index (χ4n) is 1.31. The summed E-state index contributed by atoms with van der Waals surface area (Å²) in [6.07, 6.45) is 0.746. The minimum Gasteiger partial charge on any atom is -0.354 e. The van der Waals surface area contributed by atoms with Crippen LogP contribution in [0.1, 0.15) is 48.0 Å². The number of hydrogen-bond acceptors (Lipinski definition) is 2. The summed E-state index contributed by atoms with van der Waals surface area (Å²) in [5, 5.41) is 2.93. The van der Waals surface area contributed by atoms with Gasteiger partial charge in [-0.2, -0.15) is 0 Å². The van der Waals surface area contributed by atoms with E-state index in [-0.39, 0.29) is 17.4 Å². The molecule has 96 valence electrons. The van der Waals surface area contributed by atoms with Gasteiger partial charge in [-0.25, -0.2) is 0 Å². The van der Waals surface area contributed by atoms with Crippen molar-refractivity contribution in [1.82, 2.24) is 5.32 Å². The lowest BCUT2D eigenvalue weighted by Crippen LogP contribution is -2.44. The predicted molar refractivity (Wildman–Crippen MR) is 69.1 cm³/mol. The summed E-state index contributed by atoms with van der Waals surface area (Å²) in [7, 11) is 0. The molecule has 1 unspecified atom stereocenters. The molecule has 0 aliphatic heterocycles. The summed E-state index contributed by atoms with van der Waals surface area (Å²) < 4.78 is 0. The highest BCUT2D eigenvalue weighted by molar-refractivity contribution is 5.81. The number of nitrogens with one attached hydrogen (secondary N) is 1. The summed E-state index contributed by atoms with van der Waals surface area (Å²) in [5.74, 6) is 0.883. The first-order valence-corrected chi connectivity index (χ1v) is 6.18. The molecular formula is C13H28N2O. The molecule has 0 radical (unpaired) electrons. The van der Waals surface area contributed by atoms with Crippen LogP contribution in [0.25, 0.3) is 0 Å². The highest BCUT2D eigenvalue weighted by atomic mass is 16.2. The quantitative estimate of drug-likeness (QED) is 0.757. The van der Waals surface area contributed by atoms with Gasteiger partial charge in [0.2, 0.25) is 5.91 Å². The monoisotopic (exact) mass is 228 g/mol. The van der Waals surface area contributed by atoms with Crippen LogP contribution in [0.2, 0.25) is 0 Å². The zero-order valence-electron chi connectivity index (χ0n) is 11.6. The Morgan fingerprint density at radius 1 is 1.25 bits per heavy atom. The van der Waals surface area contributed by atoms with Crippen molar-refractivity contribution in [2.45, 2.75) is 54.0 Å². The van der Waals surface area contributed by atoms with Gasteiger partial charge in [-0.05, 0) is 23.7 Å². The van der Waals surface area contributed by atoms with Crippen molar-refractivity contribution in [2.24, 2.45) is 23.0 Å². The van der Waals surface area contributed by atoms with Crippen molar-refractivity contribution in [3.05, 3.63) is 0 Å². The number of rotatable bonds is 5. The first-order chi connectivity index (χ1) is 7.14. The Balaban J connectivity index is 3.98. The van der Waals surface area contributed by atoms with Crippen LogP contribution in [0.3, 0.4) is 0 Å². The maximum Gasteiger partial charge on any atom is 0.236 e. The lowest BCUT2D eigenvalue weighted by Gasteiger charge is -2.28. The van der Waals surface area contributed by atoms with Gasteiger partial charge >= 0.3 is 0 Å². The average molecular weight is 228 g/mol. The molecule has 0 aromatic heterocycles. The zero-order chi connectivity index (χ0) is 12.9. The Kier molecular flexibility index (Phi) is 6.01. The molecule has 0 bridgehead atoms. The van der Waals surface area contributed by atoms with Gasteiger partial charge in [0, 0.05) is 6.54 Å². The number of amides is 1. The third-order valence-corrected chi connectivity index (χ3v) is 3.12. The van der Waals surface area contributed by atoms with Gasteiger partial charge in [0.15, 0.2) is 0 Å². The van der Waals surface area contributed by atoms with Crippen molar-refractivity contribution in [1.29, 1.82) is 0 Å². The Morgan fingerprint density at radius 2 is 1.75 bits per heavy atom. The van der Waals surface area contributed by atoms with Crippen LogP contribution >= 0.6 is 0 Å². The van der Waals surface area contributed by atoms with Crippen molar-refractivity contribution in [3.8, 4) is 0 Å². The second kappa shape index (κ2) is 6.24. The van der Waals surface area contributed by atoms with Gasteiger partial charge in [-0.15, -0.1) is 0 Å². The summed E-state index contributed by atoms with van der Waals surface area (Å²) in [6.45, 7) is 13.5. The largest absolute Gasteiger partial charge is 0.354 e. The van der Waals surface area contributed by atoms with E-state index in [0.29, 0.717) is 18.4 Å². The van der Waals surface area contributed by atoms with Gasteiger partial charge in [-0.1, -0.05) is 41.5 Å². The van der Waals surface area contributed by atoms with E-state index < -0.39 is 0 Å². The van der Waals surface area contributed by atoms with Crippen molar-refractivity contribution >= 4 is 5.91 Å². The second-order valence-corrected chi connectivity index (χ2v) is 6.25. The minimum atomic E-state index is -0.368. The predicted octanol–water partition coefficient (Wildman–Crippen LogP) is 2.16. The lowest BCUT2D eigenvalue weighted by atomic mass is 9.82. The molecule has 2 atom stereocenters. The van der Waals surface area contributed by atoms with Crippen LogP contribution in [-0.2, 0) is 4.79 Å². The Bertz CT molecular complexity index is 218. The summed E-state index contributed by atoms with van der Waals surface area (Å²) in [4.78, 5) is 11.7. The Morgan fingerprint density at radius 3 is 2.12 bits per heavy atom. The maximum absolute atomic E-state index is 11.7. The highest BCUT2D eigenvalue weighted by Crippen LogP contribution is 2.24. The van der Waals surface area contributed by atoms with E-state index in [4.69, 9.17) is 5.73 Å². The van der Waals surface area contributed by atoms with Gasteiger partial charge in [0.05, 0.1) is 6.04 Å². The van der Waals surface area contributed by atoms with E-state index in [1.807, 2.05) is 0 Å². The zero-order valence-corrected chi connectivity index (χ0v) is 11.6. The van der Waals surface area contributed by atoms with E-state index in [2.05, 4.69) is 46.9 Å². The fraction of sp³-hybridized carbons (Fsp3) is 0.923. The van der Waals surface area contributed by atoms with Crippen LogP contribution in [0.5, 0.6) is 0 Å². The minimum absolute atomic E-state index is 0.0233. The number of carbonyl (C=O) groups excluding carboxylic acids is 1. The van der Waals surface area contributed by atoms with Crippen LogP contribution < -0.4 is 11.1 Å². The molecule has 0 saturated heterocycles. The standard InChI is InChI=1S/C13H28N2O/c1-9(2)7-11(14)12(16)15-8-10(3)13(4,5)6/h9-11H,7-8,14H2,1-6H3,(H,15,16)/t10?,11-/m0/s1. The number of hydrogen-bond donors (Lipinski definition) is 2. The van der Waals surface area contributed by atoms with Gasteiger partial charge < -0.3 is 11.1 Å². The van der Waals surface area contributed by atoms with Gasteiger partial charge in [0.25, 0.3) is 0 Å². The molecule has 3 heteroatoms. The smallest absolute Gasteiger partial charge is 0.236 e. The fourth-order valence-corrected chi connectivity index (χ4v) is 1.31. The van der Waals surface area contributed by atoms with Crippen LogP contribution in [0, 0.1) is 17.3 Å². The molecule has 3 nitrogen and oxygen atoms in total. The number of nitrogens with two attached hydrogens (primary N) is 1. The molecule has 3 N–H and O–H groups in total. The molecule has 0 spiro atoms. The molecule has 0 heterocycles. The molecule has 1 amide bonds. The Labute approximate surface area is 100 Å². The van der Waals surface area contributed by atoms with E-state index in [1.165, 1.54) is 0 Å². The molecule has 0 rings (SSSR count). The summed E-state index contributed by atoms with van der Waals surface area (Å²) >= 11 is 0. The van der Waals surface area contributed by atoms with Crippen molar-refractivity contribution in [3.63, 3.8) is 0 Å². The van der Waals surface area contributed by atoms with Crippen LogP contribution in [0.4, 0.5) is 0 Å². The van der Waals surface area contributed by atoms with E-state index in [1.54, 1.807) is 0 Å². The molecule has 0 saturated carbocycles. The van der Waals surface area contributed by atoms with Gasteiger partial charge in [-0.3, -0.25) is 4.79 Å². The molecule has 0 aliphatic carbocycles. The van der Waals surface area contributed by atoms with Crippen LogP contribution in [0.15, 0.2) is 0 Å². The van der Waals surface area contributed by atoms with Crippen LogP contribution in [-0.4, -0.2) is 18.5 Å². The van der Waals surface area contributed by atoms with Crippen molar-refractivity contribution in [2.75, 3.05) is 6.54 Å². The maximum atomic E-state index is 11.7. The first kappa shape index (κ1) is 15.4. The first-order valence-electron chi connectivity index (χ1n) is 6.18. The third kappa shape index (κ3) is 6.11. The van der Waals surface area contributed by atoms with Crippen molar-refractivity contribution < 1.29 is 4.79 Å². The average Bonchev–Trinajstić information content (AvgIpc) is 2.10. The molecule has 16 heavy (non-hydrogen) atoms. The second-order valence-electron chi connectivity index (χ2n) is 6.25. The molecular weight excluding hydrogens is 200 g/mol. The third-order valence-electron chi connectivity index (χ3n) is 3.12. The van der Waals surface area contributed by atoms with E-state index in [9.17, 15) is 4.79 Å². The van der Waals surface area contributed by atoms with E-state index >= 15 is 0 Å². The molecule has 0 aliphatic rings. The molecule has 0 aromatic rings. The summed E-state index contributed by atoms with van der Waals surface area (Å²) in [6, 6.07) is -0.368. The topological polar surface area (TPSA) is 55.1 Å². The van der Waals surface area contributed by atoms with E-state index in [0.717, 1.165) is 6.42 Å². The lowest BCUT2D eigenvalue weighted by molar-refractivity contribution is -0.123. The summed E-state index contributed by atoms with van der Waals surface area (Å²) in [5.41, 5.74) is 6.02. The SMILES string of the molecule is CC(C)C[C@H](N)C(=O)NCC(C)C(C)(C)C. The normalized spacial score (nSPS) is 16.0. The van der Waals surface area contributed by atoms with Gasteiger partial charge in [0.1, 0.15) is 0 Å². The molecule has 0 fully saturated rings. The number of carbonyl (C=O) groups is 1. The highest BCUT2D eigenvalue weighted by Gasteiger charge is 2.21.